The minimum absolute atomic E-state index is 0.0887. The summed E-state index contributed by atoms with van der Waals surface area (Å²) < 4.78 is 28.5. The Labute approximate surface area is 144 Å². The monoisotopic (exact) mass is 350 g/mol. The number of hydrogen-bond donors (Lipinski definition) is 1. The van der Waals surface area contributed by atoms with E-state index in [-0.39, 0.29) is 24.4 Å². The smallest absolute Gasteiger partial charge is 0.311 e. The molecule has 2 aromatic rings. The van der Waals surface area contributed by atoms with Crippen LogP contribution in [-0.4, -0.2) is 30.2 Å². The van der Waals surface area contributed by atoms with Gasteiger partial charge in [0.05, 0.1) is 13.5 Å². The highest BCUT2D eigenvalue weighted by molar-refractivity contribution is 5.94. The van der Waals surface area contributed by atoms with Crippen LogP contribution in [0.5, 0.6) is 5.75 Å². The first-order valence-corrected chi connectivity index (χ1v) is 7.69. The Morgan fingerprint density at radius 1 is 1.36 bits per heavy atom. The molecule has 0 radical (unpaired) electrons. The second kappa shape index (κ2) is 8.27. The third-order valence-electron chi connectivity index (χ3n) is 3.38. The number of nitrogens with one attached hydrogen (secondary N) is 1. The van der Waals surface area contributed by atoms with Crippen LogP contribution in [0.1, 0.15) is 24.7 Å². The summed E-state index contributed by atoms with van der Waals surface area (Å²) in [6.45, 7) is 3.40. The molecule has 25 heavy (non-hydrogen) atoms. The van der Waals surface area contributed by atoms with Gasteiger partial charge in [-0.1, -0.05) is 18.1 Å². The SMILES string of the molecule is CC[C@H](OC(=O)Cc1ccc(OC)c(F)c1)C(=O)Nc1cc(C)on1. The molecule has 0 unspecified atom stereocenters. The minimum Gasteiger partial charge on any atom is -0.494 e. The summed E-state index contributed by atoms with van der Waals surface area (Å²) in [5, 5.41) is 6.15. The van der Waals surface area contributed by atoms with E-state index in [4.69, 9.17) is 14.0 Å². The summed E-state index contributed by atoms with van der Waals surface area (Å²) in [7, 11) is 1.35. The van der Waals surface area contributed by atoms with Gasteiger partial charge < -0.3 is 19.3 Å². The lowest BCUT2D eigenvalue weighted by Gasteiger charge is -2.15. The molecule has 0 fully saturated rings. The molecule has 1 aromatic carbocycles. The number of carbonyl (C=O) groups is 2. The van der Waals surface area contributed by atoms with Crippen LogP contribution in [0.3, 0.4) is 0 Å². The molecule has 0 saturated heterocycles. The number of rotatable bonds is 7. The average molecular weight is 350 g/mol. The zero-order valence-electron chi connectivity index (χ0n) is 14.2. The molecule has 1 aromatic heterocycles. The van der Waals surface area contributed by atoms with E-state index in [1.165, 1.54) is 19.2 Å². The van der Waals surface area contributed by atoms with E-state index >= 15 is 0 Å². The molecule has 134 valence electrons. The maximum absolute atomic E-state index is 13.6. The molecular formula is C17H19FN2O5. The maximum Gasteiger partial charge on any atom is 0.311 e. The van der Waals surface area contributed by atoms with Gasteiger partial charge in [-0.25, -0.2) is 4.39 Å². The molecule has 0 aliphatic rings. The Bertz CT molecular complexity index is 759. The average Bonchev–Trinajstić information content (AvgIpc) is 2.97. The molecule has 1 amide bonds. The first-order valence-electron chi connectivity index (χ1n) is 7.69. The summed E-state index contributed by atoms with van der Waals surface area (Å²) in [6, 6.07) is 5.73. The van der Waals surface area contributed by atoms with E-state index in [9.17, 15) is 14.0 Å². The van der Waals surface area contributed by atoms with Gasteiger partial charge in [0.1, 0.15) is 5.76 Å². The maximum atomic E-state index is 13.6. The summed E-state index contributed by atoms with van der Waals surface area (Å²) in [5.74, 6) is -0.839. The van der Waals surface area contributed by atoms with Gasteiger partial charge in [0.25, 0.3) is 5.91 Å². The molecule has 0 spiro atoms. The van der Waals surface area contributed by atoms with Gasteiger partial charge in [-0.15, -0.1) is 0 Å². The third kappa shape index (κ3) is 5.03. The van der Waals surface area contributed by atoms with Crippen molar-refractivity contribution in [1.29, 1.82) is 0 Å². The fourth-order valence-corrected chi connectivity index (χ4v) is 2.14. The van der Waals surface area contributed by atoms with Gasteiger partial charge in [0, 0.05) is 6.07 Å². The first kappa shape index (κ1) is 18.4. The number of carbonyl (C=O) groups excluding carboxylic acids is 2. The molecule has 0 bridgehead atoms. The van der Waals surface area contributed by atoms with Crippen molar-refractivity contribution in [2.75, 3.05) is 12.4 Å². The van der Waals surface area contributed by atoms with Gasteiger partial charge in [-0.2, -0.15) is 0 Å². The molecule has 0 aliphatic carbocycles. The zero-order valence-corrected chi connectivity index (χ0v) is 14.2. The van der Waals surface area contributed by atoms with Crippen LogP contribution >= 0.6 is 0 Å². The van der Waals surface area contributed by atoms with Crippen LogP contribution in [0.4, 0.5) is 10.2 Å². The number of benzene rings is 1. The predicted molar refractivity (Wildman–Crippen MR) is 86.7 cm³/mol. The molecule has 1 heterocycles. The number of esters is 1. The second-order valence-electron chi connectivity index (χ2n) is 5.34. The molecule has 2 rings (SSSR count). The number of ether oxygens (including phenoxy) is 2. The normalized spacial score (nSPS) is 11.7. The van der Waals surface area contributed by atoms with Gasteiger partial charge >= 0.3 is 5.97 Å². The molecule has 0 aliphatic heterocycles. The number of halogens is 1. The quantitative estimate of drug-likeness (QED) is 0.772. The fraction of sp³-hybridized carbons (Fsp3) is 0.353. The fourth-order valence-electron chi connectivity index (χ4n) is 2.14. The number of nitrogens with zero attached hydrogens (tertiary/aromatic N) is 1. The highest BCUT2D eigenvalue weighted by atomic mass is 19.1. The van der Waals surface area contributed by atoms with E-state index in [1.54, 1.807) is 26.0 Å². The van der Waals surface area contributed by atoms with Crippen molar-refractivity contribution in [3.05, 3.63) is 41.4 Å². The van der Waals surface area contributed by atoms with E-state index < -0.39 is 23.8 Å². The number of aryl methyl sites for hydroxylation is 1. The topological polar surface area (TPSA) is 90.7 Å². The lowest BCUT2D eigenvalue weighted by molar-refractivity contribution is -0.153. The molecule has 8 heteroatoms. The molecule has 7 nitrogen and oxygen atoms in total. The highest BCUT2D eigenvalue weighted by Crippen LogP contribution is 2.18. The molecule has 1 atom stereocenters. The van der Waals surface area contributed by atoms with Crippen LogP contribution in [0.2, 0.25) is 0 Å². The first-order chi connectivity index (χ1) is 11.9. The lowest BCUT2D eigenvalue weighted by atomic mass is 10.1. The van der Waals surface area contributed by atoms with Crippen LogP contribution in [0.15, 0.2) is 28.8 Å². The zero-order chi connectivity index (χ0) is 18.4. The van der Waals surface area contributed by atoms with Crippen LogP contribution in [-0.2, 0) is 20.7 Å². The molecule has 0 saturated carbocycles. The molecule has 1 N–H and O–H groups in total. The number of aromatic nitrogens is 1. The third-order valence-corrected chi connectivity index (χ3v) is 3.38. The summed E-state index contributed by atoms with van der Waals surface area (Å²) in [5.41, 5.74) is 0.422. The van der Waals surface area contributed by atoms with Gasteiger partial charge in [-0.05, 0) is 31.0 Å². The summed E-state index contributed by atoms with van der Waals surface area (Å²) >= 11 is 0. The Morgan fingerprint density at radius 2 is 2.12 bits per heavy atom. The second-order valence-corrected chi connectivity index (χ2v) is 5.34. The van der Waals surface area contributed by atoms with E-state index in [0.29, 0.717) is 11.3 Å². The van der Waals surface area contributed by atoms with Gasteiger partial charge in [0.15, 0.2) is 23.5 Å². The van der Waals surface area contributed by atoms with Crippen molar-refractivity contribution in [2.24, 2.45) is 0 Å². The van der Waals surface area contributed by atoms with Crippen LogP contribution in [0.25, 0.3) is 0 Å². The lowest BCUT2D eigenvalue weighted by Crippen LogP contribution is -2.32. The van der Waals surface area contributed by atoms with Crippen molar-refractivity contribution >= 4 is 17.7 Å². The minimum atomic E-state index is -0.979. The Kier molecular flexibility index (Phi) is 6.10. The summed E-state index contributed by atoms with van der Waals surface area (Å²) in [4.78, 5) is 24.2. The van der Waals surface area contributed by atoms with Crippen molar-refractivity contribution in [2.45, 2.75) is 32.8 Å². The Hall–Kier alpha value is -2.90. The number of amides is 1. The van der Waals surface area contributed by atoms with Gasteiger partial charge in [-0.3, -0.25) is 9.59 Å². The van der Waals surface area contributed by atoms with Crippen LogP contribution in [0, 0.1) is 12.7 Å². The van der Waals surface area contributed by atoms with Crippen molar-refractivity contribution in [1.82, 2.24) is 5.16 Å². The standard InChI is InChI=1S/C17H19FN2O5/c1-4-13(17(22)19-15-7-10(2)25-20-15)24-16(21)9-11-5-6-14(23-3)12(18)8-11/h5-8,13H,4,9H2,1-3H3,(H,19,20,22)/t13-/m0/s1. The number of methoxy groups -OCH3 is 1. The van der Waals surface area contributed by atoms with Crippen molar-refractivity contribution in [3.8, 4) is 5.75 Å². The predicted octanol–water partition coefficient (Wildman–Crippen LogP) is 2.63. The van der Waals surface area contributed by atoms with E-state index in [2.05, 4.69) is 10.5 Å². The van der Waals surface area contributed by atoms with E-state index in [0.717, 1.165) is 0 Å². The van der Waals surface area contributed by atoms with Gasteiger partial charge in [0.2, 0.25) is 0 Å². The van der Waals surface area contributed by atoms with E-state index in [1.807, 2.05) is 0 Å². The van der Waals surface area contributed by atoms with Crippen molar-refractivity contribution in [3.63, 3.8) is 0 Å². The van der Waals surface area contributed by atoms with Crippen molar-refractivity contribution < 1.29 is 28.0 Å². The number of hydrogen-bond acceptors (Lipinski definition) is 6. The Morgan fingerprint density at radius 3 is 2.68 bits per heavy atom. The Balaban J connectivity index is 1.94. The highest BCUT2D eigenvalue weighted by Gasteiger charge is 2.22. The number of anilines is 1. The largest absolute Gasteiger partial charge is 0.494 e. The van der Waals surface area contributed by atoms with Crippen LogP contribution < -0.4 is 10.1 Å². The summed E-state index contributed by atoms with van der Waals surface area (Å²) in [6.07, 6.45) is -0.855. The molecular weight excluding hydrogens is 331 g/mol.